The normalized spacial score (nSPS) is 28.4. The summed E-state index contributed by atoms with van der Waals surface area (Å²) in [6.07, 6.45) is -2.21. The minimum atomic E-state index is -4.58. The van der Waals surface area contributed by atoms with E-state index in [2.05, 4.69) is 30.8 Å². The van der Waals surface area contributed by atoms with E-state index in [0.717, 1.165) is 38.3 Å². The number of alkyl halides is 4. The fourth-order valence-corrected chi connectivity index (χ4v) is 7.53. The van der Waals surface area contributed by atoms with Crippen LogP contribution in [0.15, 0.2) is 16.6 Å². The molecule has 8 nitrogen and oxygen atoms in total. The molecular weight excluding hydrogens is 610 g/mol. The number of anilines is 1. The van der Waals surface area contributed by atoms with Crippen LogP contribution in [0.1, 0.15) is 58.4 Å². The maximum atomic E-state index is 14.3. The van der Waals surface area contributed by atoms with Crippen LogP contribution in [0.2, 0.25) is 0 Å². The molecule has 224 valence electrons. The zero-order valence-corrected chi connectivity index (χ0v) is 24.9. The maximum Gasteiger partial charge on any atom is 0.417 e. The summed E-state index contributed by atoms with van der Waals surface area (Å²) in [5, 5.41) is 0.253. The highest BCUT2D eigenvalue weighted by Crippen LogP contribution is 2.43. The van der Waals surface area contributed by atoms with Gasteiger partial charge in [0.15, 0.2) is 0 Å². The third-order valence-electron chi connectivity index (χ3n) is 8.67. The summed E-state index contributed by atoms with van der Waals surface area (Å²) in [5.41, 5.74) is -1.57. The van der Waals surface area contributed by atoms with Gasteiger partial charge in [-0.15, -0.1) is 0 Å². The molecule has 1 aromatic heterocycles. The largest absolute Gasteiger partial charge is 0.461 e. The Labute approximate surface area is 244 Å². The molecule has 5 heterocycles. The van der Waals surface area contributed by atoms with E-state index in [1.807, 2.05) is 25.7 Å². The molecule has 41 heavy (non-hydrogen) atoms. The van der Waals surface area contributed by atoms with Gasteiger partial charge < -0.3 is 14.4 Å². The van der Waals surface area contributed by atoms with Gasteiger partial charge in [0.2, 0.25) is 0 Å². The van der Waals surface area contributed by atoms with E-state index in [-0.39, 0.29) is 40.7 Å². The van der Waals surface area contributed by atoms with Crippen LogP contribution in [-0.2, 0) is 10.9 Å². The second-order valence-electron chi connectivity index (χ2n) is 12.7. The van der Waals surface area contributed by atoms with Gasteiger partial charge in [-0.25, -0.2) is 9.18 Å². The lowest BCUT2D eigenvalue weighted by atomic mass is 9.95. The summed E-state index contributed by atoms with van der Waals surface area (Å²) in [6.45, 7) is 7.63. The lowest BCUT2D eigenvalue weighted by molar-refractivity contribution is -0.138. The van der Waals surface area contributed by atoms with Crippen molar-refractivity contribution in [2.75, 3.05) is 37.7 Å². The van der Waals surface area contributed by atoms with E-state index in [0.29, 0.717) is 37.4 Å². The van der Waals surface area contributed by atoms with Crippen molar-refractivity contribution < 1.29 is 31.8 Å². The summed E-state index contributed by atoms with van der Waals surface area (Å²) in [5.74, 6) is 0.333. The van der Waals surface area contributed by atoms with Crippen LogP contribution in [0.25, 0.3) is 10.9 Å². The van der Waals surface area contributed by atoms with Crippen LogP contribution in [-0.4, -0.2) is 88.0 Å². The van der Waals surface area contributed by atoms with E-state index in [4.69, 9.17) is 9.47 Å². The van der Waals surface area contributed by atoms with Gasteiger partial charge in [0.1, 0.15) is 24.2 Å². The van der Waals surface area contributed by atoms with Gasteiger partial charge in [0, 0.05) is 35.9 Å². The van der Waals surface area contributed by atoms with Crippen LogP contribution in [0, 0.1) is 0 Å². The number of rotatable bonds is 4. The molecule has 2 aromatic rings. The summed E-state index contributed by atoms with van der Waals surface area (Å²) in [7, 11) is 0. The molecule has 4 saturated heterocycles. The molecular formula is C28H34BrF4N5O3. The SMILES string of the molecule is CC(C)(C)OC(=O)N1C2CCC1CN(c1nc(OC[C@@]34CCCN3C[C@H](F)C4)nc3cc(Br)c(C(F)(F)F)cc13)C2. The first-order valence-electron chi connectivity index (χ1n) is 14.1. The predicted molar refractivity (Wildman–Crippen MR) is 148 cm³/mol. The van der Waals surface area contributed by atoms with Crippen molar-refractivity contribution in [2.45, 2.75) is 88.4 Å². The number of carbonyl (C=O) groups excluding carboxylic acids is 1. The monoisotopic (exact) mass is 643 g/mol. The molecule has 4 aliphatic rings. The van der Waals surface area contributed by atoms with Crippen molar-refractivity contribution in [1.82, 2.24) is 19.8 Å². The number of amides is 1. The Kier molecular flexibility index (Phi) is 7.07. The lowest BCUT2D eigenvalue weighted by Crippen LogP contribution is -2.57. The second kappa shape index (κ2) is 10.1. The fraction of sp³-hybridized carbons (Fsp3) is 0.679. The Morgan fingerprint density at radius 3 is 2.49 bits per heavy atom. The highest BCUT2D eigenvalue weighted by molar-refractivity contribution is 9.10. The molecule has 0 spiro atoms. The predicted octanol–water partition coefficient (Wildman–Crippen LogP) is 5.95. The van der Waals surface area contributed by atoms with Crippen molar-refractivity contribution in [3.63, 3.8) is 0 Å². The minimum absolute atomic E-state index is 0.0459. The van der Waals surface area contributed by atoms with Crippen molar-refractivity contribution in [1.29, 1.82) is 0 Å². The molecule has 1 aromatic carbocycles. The summed E-state index contributed by atoms with van der Waals surface area (Å²) in [4.78, 5) is 27.9. The molecule has 2 bridgehead atoms. The van der Waals surface area contributed by atoms with Gasteiger partial charge >= 0.3 is 18.3 Å². The van der Waals surface area contributed by atoms with Gasteiger partial charge in [0.05, 0.1) is 28.7 Å². The smallest absolute Gasteiger partial charge is 0.417 e. The number of hydrogen-bond acceptors (Lipinski definition) is 7. The number of nitrogens with zero attached hydrogens (tertiary/aromatic N) is 5. The molecule has 4 atom stereocenters. The first kappa shape index (κ1) is 28.7. The maximum absolute atomic E-state index is 14.3. The van der Waals surface area contributed by atoms with Gasteiger partial charge in [-0.05, 0) is 65.1 Å². The Morgan fingerprint density at radius 2 is 1.83 bits per heavy atom. The number of carbonyl (C=O) groups is 1. The summed E-state index contributed by atoms with van der Waals surface area (Å²) in [6, 6.07) is 2.13. The zero-order chi connectivity index (χ0) is 29.3. The third-order valence-corrected chi connectivity index (χ3v) is 9.32. The third kappa shape index (κ3) is 5.44. The van der Waals surface area contributed by atoms with Crippen LogP contribution >= 0.6 is 15.9 Å². The number of hydrogen-bond donors (Lipinski definition) is 0. The molecule has 0 radical (unpaired) electrons. The number of fused-ring (bicyclic) bond motifs is 4. The number of ether oxygens (including phenoxy) is 2. The van der Waals surface area contributed by atoms with Gasteiger partial charge in [-0.3, -0.25) is 9.80 Å². The number of aromatic nitrogens is 2. The molecule has 13 heteroatoms. The van der Waals surface area contributed by atoms with Crippen molar-refractivity contribution >= 4 is 38.7 Å². The molecule has 0 N–H and O–H groups in total. The number of piperazine rings is 1. The molecule has 1 amide bonds. The highest BCUT2D eigenvalue weighted by Gasteiger charge is 2.50. The van der Waals surface area contributed by atoms with Gasteiger partial charge in [-0.1, -0.05) is 15.9 Å². The zero-order valence-electron chi connectivity index (χ0n) is 23.3. The number of halogens is 5. The van der Waals surface area contributed by atoms with Gasteiger partial charge in [0.25, 0.3) is 0 Å². The fourth-order valence-electron chi connectivity index (χ4n) is 6.97. The van der Waals surface area contributed by atoms with Crippen LogP contribution < -0.4 is 9.64 Å². The van der Waals surface area contributed by atoms with Crippen LogP contribution in [0.3, 0.4) is 0 Å². The van der Waals surface area contributed by atoms with Crippen molar-refractivity contribution in [3.8, 4) is 6.01 Å². The van der Waals surface area contributed by atoms with Crippen LogP contribution in [0.5, 0.6) is 6.01 Å². The Morgan fingerprint density at radius 1 is 1.12 bits per heavy atom. The first-order chi connectivity index (χ1) is 19.2. The summed E-state index contributed by atoms with van der Waals surface area (Å²) >= 11 is 3.07. The molecule has 0 saturated carbocycles. The van der Waals surface area contributed by atoms with Crippen molar-refractivity contribution in [3.05, 3.63) is 22.2 Å². The highest BCUT2D eigenvalue weighted by atomic mass is 79.9. The van der Waals surface area contributed by atoms with E-state index >= 15 is 0 Å². The van der Waals surface area contributed by atoms with Crippen LogP contribution in [0.4, 0.5) is 28.2 Å². The number of benzene rings is 1. The van der Waals surface area contributed by atoms with Crippen molar-refractivity contribution in [2.24, 2.45) is 0 Å². The lowest BCUT2D eigenvalue weighted by Gasteiger charge is -2.42. The first-order valence-corrected chi connectivity index (χ1v) is 14.9. The van der Waals surface area contributed by atoms with E-state index in [1.54, 1.807) is 4.90 Å². The average molecular weight is 645 g/mol. The molecule has 2 unspecified atom stereocenters. The molecule has 4 aliphatic heterocycles. The molecule has 6 rings (SSSR count). The quantitative estimate of drug-likeness (QED) is 0.381. The minimum Gasteiger partial charge on any atom is -0.461 e. The van der Waals surface area contributed by atoms with E-state index in [1.165, 1.54) is 6.07 Å². The van der Waals surface area contributed by atoms with Gasteiger partial charge in [-0.2, -0.15) is 23.1 Å². The topological polar surface area (TPSA) is 71.0 Å². The Balaban J connectivity index is 1.34. The summed E-state index contributed by atoms with van der Waals surface area (Å²) < 4.78 is 67.6. The Hall–Kier alpha value is -2.41. The standard InChI is InChI=1S/C28H34BrF4N5O3/c1-26(2,3)41-25(39)38-17-5-6-18(38)14-36(13-17)23-19-9-20(28(31,32)33)21(29)10-22(19)34-24(35-23)40-15-27-7-4-8-37(27)12-16(30)11-27/h9-10,16-18H,4-8,11-15H2,1-3H3/t16-,17?,18?,27+/m1/s1. The molecule has 0 aliphatic carbocycles. The van der Waals surface area contributed by atoms with E-state index < -0.39 is 29.1 Å². The Bertz CT molecular complexity index is 1340. The average Bonchev–Trinajstić information content (AvgIpc) is 3.47. The molecule has 4 fully saturated rings. The van der Waals surface area contributed by atoms with E-state index in [9.17, 15) is 22.4 Å². The second-order valence-corrected chi connectivity index (χ2v) is 13.6.